The molecule has 88 valence electrons. The average molecular weight is 221 g/mol. The van der Waals surface area contributed by atoms with E-state index in [0.717, 1.165) is 0 Å². The Kier molecular flexibility index (Phi) is 3.65. The molecule has 0 saturated heterocycles. The highest BCUT2D eigenvalue weighted by Gasteiger charge is 2.42. The Hall–Kier alpha value is -0.710. The number of rotatable bonds is 3. The van der Waals surface area contributed by atoms with Gasteiger partial charge in [0.05, 0.1) is 13.0 Å². The first kappa shape index (κ1) is 12.4. The van der Waals surface area contributed by atoms with Crippen LogP contribution in [0.4, 0.5) is 8.78 Å². The summed E-state index contributed by atoms with van der Waals surface area (Å²) in [6.07, 6.45) is -0.0691. The van der Waals surface area contributed by atoms with Crippen molar-refractivity contribution in [1.29, 1.82) is 0 Å². The van der Waals surface area contributed by atoms with Crippen LogP contribution in [0.2, 0.25) is 0 Å². The summed E-state index contributed by atoms with van der Waals surface area (Å²) in [5.74, 6) is -3.01. The summed E-state index contributed by atoms with van der Waals surface area (Å²) in [4.78, 5) is 11.2. The lowest BCUT2D eigenvalue weighted by molar-refractivity contribution is -0.146. The van der Waals surface area contributed by atoms with Crippen molar-refractivity contribution in [3.8, 4) is 0 Å². The second-order valence-electron chi connectivity index (χ2n) is 4.20. The molecule has 1 fully saturated rings. The molecule has 0 aliphatic heterocycles. The van der Waals surface area contributed by atoms with Gasteiger partial charge < -0.3 is 10.5 Å². The fourth-order valence-corrected chi connectivity index (χ4v) is 1.79. The third-order valence-corrected chi connectivity index (χ3v) is 2.78. The highest BCUT2D eigenvalue weighted by atomic mass is 19.3. The first-order valence-corrected chi connectivity index (χ1v) is 5.19. The number of carbonyl (C=O) groups excluding carboxylic acids is 1. The fourth-order valence-electron chi connectivity index (χ4n) is 1.79. The van der Waals surface area contributed by atoms with Crippen molar-refractivity contribution in [2.24, 2.45) is 5.73 Å². The van der Waals surface area contributed by atoms with Crippen LogP contribution in [0.3, 0.4) is 0 Å². The van der Waals surface area contributed by atoms with Crippen LogP contribution in [0.15, 0.2) is 0 Å². The molecule has 1 saturated carbocycles. The van der Waals surface area contributed by atoms with Gasteiger partial charge in [0.2, 0.25) is 5.92 Å². The van der Waals surface area contributed by atoms with E-state index in [-0.39, 0.29) is 32.1 Å². The number of halogens is 2. The lowest BCUT2D eigenvalue weighted by atomic mass is 9.78. The van der Waals surface area contributed by atoms with Crippen LogP contribution in [-0.2, 0) is 9.53 Å². The van der Waals surface area contributed by atoms with Gasteiger partial charge in [0.1, 0.15) is 0 Å². The molecule has 0 aromatic rings. The Labute approximate surface area is 88.0 Å². The molecule has 0 bridgehead atoms. The summed E-state index contributed by atoms with van der Waals surface area (Å²) in [5.41, 5.74) is 5.08. The summed E-state index contributed by atoms with van der Waals surface area (Å²) in [5, 5.41) is 0. The first-order valence-electron chi connectivity index (χ1n) is 5.19. The molecular weight excluding hydrogens is 204 g/mol. The van der Waals surface area contributed by atoms with Crippen molar-refractivity contribution in [3.05, 3.63) is 0 Å². The van der Waals surface area contributed by atoms with Gasteiger partial charge in [-0.3, -0.25) is 4.79 Å². The van der Waals surface area contributed by atoms with Crippen LogP contribution >= 0.6 is 0 Å². The summed E-state index contributed by atoms with van der Waals surface area (Å²) < 4.78 is 30.5. The Morgan fingerprint density at radius 3 is 2.33 bits per heavy atom. The van der Waals surface area contributed by atoms with Gasteiger partial charge >= 0.3 is 5.97 Å². The molecule has 0 unspecified atom stereocenters. The predicted molar refractivity (Wildman–Crippen MR) is 51.6 cm³/mol. The average Bonchev–Trinajstić information content (AvgIpc) is 2.12. The zero-order chi connectivity index (χ0) is 11.5. The molecule has 3 nitrogen and oxygen atoms in total. The van der Waals surface area contributed by atoms with Crippen LogP contribution in [0, 0.1) is 0 Å². The normalized spacial score (nSPS) is 23.5. The number of alkyl halides is 2. The molecule has 1 rings (SSSR count). The van der Waals surface area contributed by atoms with E-state index in [0.29, 0.717) is 6.61 Å². The summed E-state index contributed by atoms with van der Waals surface area (Å²) >= 11 is 0. The highest BCUT2D eigenvalue weighted by molar-refractivity contribution is 5.70. The van der Waals surface area contributed by atoms with E-state index in [4.69, 9.17) is 10.5 Å². The monoisotopic (exact) mass is 221 g/mol. The number of esters is 1. The van der Waals surface area contributed by atoms with Crippen molar-refractivity contribution in [2.75, 3.05) is 6.61 Å². The minimum Gasteiger partial charge on any atom is -0.466 e. The third-order valence-electron chi connectivity index (χ3n) is 2.78. The van der Waals surface area contributed by atoms with Gasteiger partial charge in [0.25, 0.3) is 0 Å². The van der Waals surface area contributed by atoms with Crippen LogP contribution in [0.1, 0.15) is 39.0 Å². The molecule has 15 heavy (non-hydrogen) atoms. The quantitative estimate of drug-likeness (QED) is 0.740. The zero-order valence-corrected chi connectivity index (χ0v) is 8.89. The van der Waals surface area contributed by atoms with E-state index < -0.39 is 17.4 Å². The largest absolute Gasteiger partial charge is 0.466 e. The van der Waals surface area contributed by atoms with Crippen molar-refractivity contribution in [2.45, 2.75) is 50.5 Å². The number of hydrogen-bond acceptors (Lipinski definition) is 3. The lowest BCUT2D eigenvalue weighted by Crippen LogP contribution is -2.47. The summed E-state index contributed by atoms with van der Waals surface area (Å²) in [6, 6.07) is 0. The van der Waals surface area contributed by atoms with Crippen molar-refractivity contribution in [3.63, 3.8) is 0 Å². The minimum absolute atomic E-state index is 0.0386. The van der Waals surface area contributed by atoms with E-state index in [2.05, 4.69) is 0 Å². The van der Waals surface area contributed by atoms with E-state index in [1.54, 1.807) is 6.92 Å². The Bertz CT molecular complexity index is 234. The standard InChI is InChI=1S/C10H17F2NO2/c1-2-15-8(14)7-9(13)3-5-10(11,12)6-4-9/h2-7,13H2,1H3. The van der Waals surface area contributed by atoms with E-state index in [1.807, 2.05) is 0 Å². The molecule has 5 heteroatoms. The molecule has 2 N–H and O–H groups in total. The lowest BCUT2D eigenvalue weighted by Gasteiger charge is -2.36. The molecule has 0 radical (unpaired) electrons. The van der Waals surface area contributed by atoms with Gasteiger partial charge in [-0.15, -0.1) is 0 Å². The molecule has 0 aromatic heterocycles. The molecule has 1 aliphatic carbocycles. The van der Waals surface area contributed by atoms with E-state index >= 15 is 0 Å². The summed E-state index contributed by atoms with van der Waals surface area (Å²) in [7, 11) is 0. The maximum atomic E-state index is 12.9. The Balaban J connectivity index is 2.44. The van der Waals surface area contributed by atoms with Gasteiger partial charge in [0.15, 0.2) is 0 Å². The van der Waals surface area contributed by atoms with Crippen LogP contribution in [0.5, 0.6) is 0 Å². The van der Waals surface area contributed by atoms with Gasteiger partial charge in [-0.05, 0) is 19.8 Å². The smallest absolute Gasteiger partial charge is 0.307 e. The maximum absolute atomic E-state index is 12.9. The predicted octanol–water partition coefficient (Wildman–Crippen LogP) is 1.85. The zero-order valence-electron chi connectivity index (χ0n) is 8.89. The van der Waals surface area contributed by atoms with E-state index in [9.17, 15) is 13.6 Å². The molecule has 0 atom stereocenters. The van der Waals surface area contributed by atoms with Crippen LogP contribution in [-0.4, -0.2) is 24.0 Å². The number of nitrogens with two attached hydrogens (primary N) is 1. The Morgan fingerprint density at radius 1 is 1.33 bits per heavy atom. The van der Waals surface area contributed by atoms with E-state index in [1.165, 1.54) is 0 Å². The van der Waals surface area contributed by atoms with Gasteiger partial charge in [-0.25, -0.2) is 8.78 Å². The first-order chi connectivity index (χ1) is 6.87. The molecule has 1 aliphatic rings. The topological polar surface area (TPSA) is 52.3 Å². The molecule has 0 heterocycles. The second kappa shape index (κ2) is 4.43. The molecule has 0 aromatic carbocycles. The number of carbonyl (C=O) groups is 1. The van der Waals surface area contributed by atoms with Gasteiger partial charge in [-0.1, -0.05) is 0 Å². The van der Waals surface area contributed by atoms with Crippen LogP contribution < -0.4 is 5.73 Å². The van der Waals surface area contributed by atoms with Crippen molar-refractivity contribution >= 4 is 5.97 Å². The third kappa shape index (κ3) is 3.74. The molecular formula is C10H17F2NO2. The highest BCUT2D eigenvalue weighted by Crippen LogP contribution is 2.38. The Morgan fingerprint density at radius 2 is 1.87 bits per heavy atom. The number of ether oxygens (including phenoxy) is 1. The van der Waals surface area contributed by atoms with Crippen molar-refractivity contribution < 1.29 is 18.3 Å². The SMILES string of the molecule is CCOC(=O)CC1(N)CCC(F)(F)CC1. The molecule has 0 amide bonds. The van der Waals surface area contributed by atoms with Gasteiger partial charge in [0, 0.05) is 18.4 Å². The van der Waals surface area contributed by atoms with Crippen molar-refractivity contribution in [1.82, 2.24) is 0 Å². The number of hydrogen-bond donors (Lipinski definition) is 1. The van der Waals surface area contributed by atoms with Crippen LogP contribution in [0.25, 0.3) is 0 Å². The second-order valence-corrected chi connectivity index (χ2v) is 4.20. The fraction of sp³-hybridized carbons (Fsp3) is 0.900. The molecule has 0 spiro atoms. The summed E-state index contributed by atoms with van der Waals surface area (Å²) in [6.45, 7) is 2.00. The van der Waals surface area contributed by atoms with Gasteiger partial charge in [-0.2, -0.15) is 0 Å². The maximum Gasteiger partial charge on any atom is 0.307 e. The minimum atomic E-state index is -2.61.